The van der Waals surface area contributed by atoms with Crippen LogP contribution in [-0.4, -0.2) is 5.67 Å². The van der Waals surface area contributed by atoms with E-state index >= 15 is 0 Å². The van der Waals surface area contributed by atoms with Gasteiger partial charge in [0.25, 0.3) is 0 Å². The van der Waals surface area contributed by atoms with Crippen molar-refractivity contribution >= 4 is 77.0 Å². The zero-order chi connectivity index (χ0) is 5.15. The van der Waals surface area contributed by atoms with Gasteiger partial charge in [-0.3, -0.25) is 0 Å². The summed E-state index contributed by atoms with van der Waals surface area (Å²) in [7, 11) is 0. The molecule has 0 aliphatic carbocycles. The van der Waals surface area contributed by atoms with Crippen LogP contribution in [0.5, 0.6) is 0 Å². The van der Waals surface area contributed by atoms with Crippen molar-refractivity contribution in [3.63, 3.8) is 0 Å². The molecule has 0 bridgehead atoms. The summed E-state index contributed by atoms with van der Waals surface area (Å²) in [5.74, 6) is 0. The fraction of sp³-hybridized carbons (Fsp3) is 1.00. The van der Waals surface area contributed by atoms with E-state index in [1.54, 1.807) is 0 Å². The molecular weight excluding hydrogens is 438 g/mol. The van der Waals surface area contributed by atoms with Crippen LogP contribution < -0.4 is 0 Å². The van der Waals surface area contributed by atoms with E-state index in [-0.39, 0.29) is 0 Å². The van der Waals surface area contributed by atoms with Gasteiger partial charge in [-0.25, -0.2) is 0 Å². The van der Waals surface area contributed by atoms with Crippen molar-refractivity contribution in [3.05, 3.63) is 0 Å². The first kappa shape index (κ1) is 8.42. The molecule has 0 aliphatic heterocycles. The van der Waals surface area contributed by atoms with Crippen LogP contribution in [0.3, 0.4) is 0 Å². The van der Waals surface area contributed by atoms with Gasteiger partial charge in [0.15, 0.2) is 0 Å². The smallest absolute Gasteiger partial charge is 0.0754 e. The first-order chi connectivity index (χ1) is 2.64. The Balaban J connectivity index is 2.99. The molecule has 0 radical (unpaired) electrons. The molecule has 0 amide bonds. The number of halogens is 4. The van der Waals surface area contributed by atoms with Crippen molar-refractivity contribution < 1.29 is 0 Å². The van der Waals surface area contributed by atoms with Crippen molar-refractivity contribution in [2.24, 2.45) is 0 Å². The minimum atomic E-state index is 0.538. The van der Waals surface area contributed by atoms with Crippen molar-refractivity contribution in [2.75, 3.05) is 0 Å². The van der Waals surface area contributed by atoms with Crippen LogP contribution in [-0.2, 0) is 0 Å². The fourth-order valence-corrected chi connectivity index (χ4v) is 0. The van der Waals surface area contributed by atoms with Gasteiger partial charge in [0.2, 0.25) is 0 Å². The summed E-state index contributed by atoms with van der Waals surface area (Å²) in [6, 6.07) is 0. The third-order valence-corrected chi connectivity index (χ3v) is 6.75. The van der Waals surface area contributed by atoms with Gasteiger partial charge in [-0.15, -0.1) is 0 Å². The van der Waals surface area contributed by atoms with E-state index in [1.807, 2.05) is 0 Å². The van der Waals surface area contributed by atoms with E-state index in [0.29, 0.717) is 5.67 Å². The molecule has 0 aliphatic rings. The minimum absolute atomic E-state index is 0.538. The van der Waals surface area contributed by atoms with Crippen LogP contribution in [0.1, 0.15) is 0 Å². The van der Waals surface area contributed by atoms with Gasteiger partial charge < -0.3 is 0 Å². The van der Waals surface area contributed by atoms with E-state index in [9.17, 15) is 0 Å². The number of alkyl halides is 4. The van der Waals surface area contributed by atoms with Gasteiger partial charge in [0, 0.05) is 0 Å². The van der Waals surface area contributed by atoms with E-state index in [0.717, 1.165) is 0 Å². The van der Waals surface area contributed by atoms with Gasteiger partial charge in [-0.05, 0) is 0 Å². The standard InChI is InChI=1S/C2H2Br2I2/c3-1(5)2(4)6/h1-2H. The molecule has 38 valence electrons. The van der Waals surface area contributed by atoms with Crippen molar-refractivity contribution in [1.29, 1.82) is 0 Å². The van der Waals surface area contributed by atoms with Gasteiger partial charge in [-0.1, -0.05) is 77.0 Å². The Bertz CT molecular complexity index is 30.5. The molecule has 0 spiro atoms. The lowest BCUT2D eigenvalue weighted by Gasteiger charge is -1.97. The lowest BCUT2D eigenvalue weighted by molar-refractivity contribution is 1.52. The second kappa shape index (κ2) is 4.31. The van der Waals surface area contributed by atoms with Crippen molar-refractivity contribution in [3.8, 4) is 0 Å². The Kier molecular flexibility index (Phi) is 6.05. The molecule has 2 atom stereocenters. The average Bonchev–Trinajstić information content (AvgIpc) is 1.36. The zero-order valence-corrected chi connectivity index (χ0v) is 10.2. The van der Waals surface area contributed by atoms with E-state index in [4.69, 9.17) is 0 Å². The highest BCUT2D eigenvalue weighted by Gasteiger charge is 2.04. The summed E-state index contributed by atoms with van der Waals surface area (Å²) in [5.41, 5.74) is 0. The highest BCUT2D eigenvalue weighted by Crippen LogP contribution is 2.25. The van der Waals surface area contributed by atoms with Crippen LogP contribution in [0.15, 0.2) is 0 Å². The Morgan fingerprint density at radius 2 is 1.17 bits per heavy atom. The fourth-order valence-electron chi connectivity index (χ4n) is 0. The number of hydrogen-bond acceptors (Lipinski definition) is 0. The summed E-state index contributed by atoms with van der Waals surface area (Å²) in [6.45, 7) is 0. The number of rotatable bonds is 1. The molecule has 0 fully saturated rings. The van der Waals surface area contributed by atoms with Gasteiger partial charge in [0.05, 0.1) is 5.67 Å². The molecule has 6 heavy (non-hydrogen) atoms. The molecule has 0 aromatic carbocycles. The SMILES string of the molecule is BrC(I)C(Br)I. The molecule has 0 rings (SSSR count). The molecule has 0 N–H and O–H groups in total. The van der Waals surface area contributed by atoms with Crippen LogP contribution in [0.4, 0.5) is 0 Å². The van der Waals surface area contributed by atoms with Crippen LogP contribution in [0.2, 0.25) is 0 Å². The maximum Gasteiger partial charge on any atom is 0.0877 e. The van der Waals surface area contributed by atoms with Gasteiger partial charge in [0.1, 0.15) is 0 Å². The molecule has 0 saturated heterocycles. The second-order valence-electron chi connectivity index (χ2n) is 0.669. The third kappa shape index (κ3) is 4.58. The Morgan fingerprint density at radius 3 is 1.17 bits per heavy atom. The predicted octanol–water partition coefficient (Wildman–Crippen LogP) is 3.30. The first-order valence-corrected chi connectivity index (χ1v) is 5.53. The van der Waals surface area contributed by atoms with Crippen LogP contribution in [0, 0.1) is 0 Å². The van der Waals surface area contributed by atoms with Crippen LogP contribution in [0.25, 0.3) is 0 Å². The minimum Gasteiger partial charge on any atom is -0.0754 e. The summed E-state index contributed by atoms with van der Waals surface area (Å²) < 4.78 is 1.08. The molecular formula is C2H2Br2I2. The molecule has 0 saturated carbocycles. The van der Waals surface area contributed by atoms with Crippen molar-refractivity contribution in [1.82, 2.24) is 0 Å². The van der Waals surface area contributed by atoms with E-state index in [1.165, 1.54) is 0 Å². The zero-order valence-electron chi connectivity index (χ0n) is 2.67. The summed E-state index contributed by atoms with van der Waals surface area (Å²) >= 11 is 11.3. The molecule has 0 aromatic rings. The first-order valence-electron chi connectivity index (χ1n) is 1.21. The van der Waals surface area contributed by atoms with Gasteiger partial charge >= 0.3 is 0 Å². The average molecular weight is 440 g/mol. The summed E-state index contributed by atoms with van der Waals surface area (Å²) in [5, 5.41) is 0. The third-order valence-electron chi connectivity index (χ3n) is 0.190. The lowest BCUT2D eigenvalue weighted by atomic mass is 11.0. The number of hydrogen-bond donors (Lipinski definition) is 0. The Morgan fingerprint density at radius 1 is 1.00 bits per heavy atom. The largest absolute Gasteiger partial charge is 0.0877 e. The Hall–Kier alpha value is 2.42. The highest BCUT2D eigenvalue weighted by molar-refractivity contribution is 14.1. The summed E-state index contributed by atoms with van der Waals surface area (Å²) in [4.78, 5) is 0. The molecule has 4 heteroatoms. The molecule has 2 unspecified atom stereocenters. The molecule has 0 aromatic heterocycles. The second-order valence-corrected chi connectivity index (χ2v) is 8.75. The normalized spacial score (nSPS) is 20.0. The maximum atomic E-state index is 3.37. The lowest BCUT2D eigenvalue weighted by Crippen LogP contribution is -1.92. The highest BCUT2D eigenvalue weighted by atomic mass is 127. The van der Waals surface area contributed by atoms with Crippen LogP contribution >= 0.6 is 77.0 Å². The summed E-state index contributed by atoms with van der Waals surface area (Å²) in [6.07, 6.45) is 0. The predicted molar refractivity (Wildman–Crippen MR) is 53.5 cm³/mol. The topological polar surface area (TPSA) is 0 Å². The van der Waals surface area contributed by atoms with Crippen molar-refractivity contribution in [2.45, 2.75) is 5.67 Å². The monoisotopic (exact) mass is 438 g/mol. The molecule has 0 nitrogen and oxygen atoms in total. The Labute approximate surface area is 81.4 Å². The maximum absolute atomic E-state index is 3.37. The van der Waals surface area contributed by atoms with Gasteiger partial charge in [-0.2, -0.15) is 0 Å². The van der Waals surface area contributed by atoms with E-state index in [2.05, 4.69) is 77.0 Å². The molecule has 0 heterocycles. The quantitative estimate of drug-likeness (QED) is 0.434. The van der Waals surface area contributed by atoms with E-state index < -0.39 is 0 Å².